The Morgan fingerprint density at radius 1 is 1.54 bits per heavy atom. The summed E-state index contributed by atoms with van der Waals surface area (Å²) in [6, 6.07) is 0.458. The molecule has 1 rings (SSSR count). The first-order chi connectivity index (χ1) is 6.33. The van der Waals surface area contributed by atoms with Crippen molar-refractivity contribution in [3.63, 3.8) is 0 Å². The van der Waals surface area contributed by atoms with Crippen molar-refractivity contribution in [3.8, 4) is 12.3 Å². The SMILES string of the molecule is C#CCCCNCC(=O)NC1CC1. The van der Waals surface area contributed by atoms with E-state index in [1.807, 2.05) is 0 Å². The van der Waals surface area contributed by atoms with Crippen molar-refractivity contribution in [2.24, 2.45) is 0 Å². The van der Waals surface area contributed by atoms with Gasteiger partial charge in [0.1, 0.15) is 0 Å². The molecule has 0 spiro atoms. The maximum atomic E-state index is 11.1. The van der Waals surface area contributed by atoms with E-state index in [0.29, 0.717) is 12.6 Å². The molecule has 0 bridgehead atoms. The Kier molecular flexibility index (Phi) is 4.34. The number of carbonyl (C=O) groups is 1. The second kappa shape index (κ2) is 5.60. The molecule has 1 amide bonds. The van der Waals surface area contributed by atoms with E-state index in [1.54, 1.807) is 0 Å². The smallest absolute Gasteiger partial charge is 0.234 e. The van der Waals surface area contributed by atoms with Crippen LogP contribution in [0, 0.1) is 12.3 Å². The van der Waals surface area contributed by atoms with Crippen LogP contribution in [-0.2, 0) is 4.79 Å². The van der Waals surface area contributed by atoms with Crippen molar-refractivity contribution in [1.29, 1.82) is 0 Å². The van der Waals surface area contributed by atoms with Crippen LogP contribution in [0.4, 0.5) is 0 Å². The van der Waals surface area contributed by atoms with E-state index in [2.05, 4.69) is 16.6 Å². The molecular formula is C10H16N2O. The van der Waals surface area contributed by atoms with Crippen LogP contribution in [0.25, 0.3) is 0 Å². The van der Waals surface area contributed by atoms with E-state index in [1.165, 1.54) is 0 Å². The van der Waals surface area contributed by atoms with E-state index in [0.717, 1.165) is 32.2 Å². The zero-order valence-corrected chi connectivity index (χ0v) is 7.81. The first-order valence-corrected chi connectivity index (χ1v) is 4.76. The maximum Gasteiger partial charge on any atom is 0.234 e. The van der Waals surface area contributed by atoms with E-state index in [4.69, 9.17) is 6.42 Å². The van der Waals surface area contributed by atoms with Gasteiger partial charge in [-0.2, -0.15) is 0 Å². The molecule has 0 aromatic rings. The summed E-state index contributed by atoms with van der Waals surface area (Å²) in [5.41, 5.74) is 0. The standard InChI is InChI=1S/C10H16N2O/c1-2-3-4-7-11-8-10(13)12-9-5-6-9/h1,9,11H,3-8H2,(H,12,13). The van der Waals surface area contributed by atoms with Crippen molar-refractivity contribution >= 4 is 5.91 Å². The third-order valence-corrected chi connectivity index (χ3v) is 1.90. The van der Waals surface area contributed by atoms with Crippen molar-refractivity contribution in [3.05, 3.63) is 0 Å². The topological polar surface area (TPSA) is 41.1 Å². The average Bonchev–Trinajstić information content (AvgIpc) is 2.88. The lowest BCUT2D eigenvalue weighted by Gasteiger charge is -2.03. The highest BCUT2D eigenvalue weighted by Crippen LogP contribution is 2.17. The number of hydrogen-bond acceptors (Lipinski definition) is 2. The molecule has 3 nitrogen and oxygen atoms in total. The summed E-state index contributed by atoms with van der Waals surface area (Å²) in [6.07, 6.45) is 9.08. The van der Waals surface area contributed by atoms with Crippen molar-refractivity contribution in [2.45, 2.75) is 31.7 Å². The lowest BCUT2D eigenvalue weighted by Crippen LogP contribution is -2.35. The van der Waals surface area contributed by atoms with Gasteiger partial charge in [-0.25, -0.2) is 0 Å². The van der Waals surface area contributed by atoms with Gasteiger partial charge < -0.3 is 10.6 Å². The van der Waals surface area contributed by atoms with Crippen molar-refractivity contribution < 1.29 is 4.79 Å². The molecule has 1 aliphatic carbocycles. The quantitative estimate of drug-likeness (QED) is 0.455. The number of rotatable bonds is 6. The van der Waals surface area contributed by atoms with Gasteiger partial charge in [0.2, 0.25) is 5.91 Å². The predicted octanol–water partition coefficient (Wildman–Crippen LogP) is 0.268. The Morgan fingerprint density at radius 2 is 2.31 bits per heavy atom. The lowest BCUT2D eigenvalue weighted by molar-refractivity contribution is -0.120. The minimum atomic E-state index is 0.100. The minimum absolute atomic E-state index is 0.100. The molecule has 0 saturated heterocycles. The van der Waals surface area contributed by atoms with Gasteiger partial charge in [0, 0.05) is 12.5 Å². The first-order valence-electron chi connectivity index (χ1n) is 4.76. The van der Waals surface area contributed by atoms with Gasteiger partial charge in [0.05, 0.1) is 6.54 Å². The summed E-state index contributed by atoms with van der Waals surface area (Å²) >= 11 is 0. The Morgan fingerprint density at radius 3 is 2.92 bits per heavy atom. The van der Waals surface area contributed by atoms with E-state index >= 15 is 0 Å². The minimum Gasteiger partial charge on any atom is -0.352 e. The van der Waals surface area contributed by atoms with E-state index < -0.39 is 0 Å². The molecule has 1 saturated carbocycles. The molecule has 0 aliphatic heterocycles. The fourth-order valence-electron chi connectivity index (χ4n) is 1.02. The summed E-state index contributed by atoms with van der Waals surface area (Å²) < 4.78 is 0. The molecule has 0 radical (unpaired) electrons. The summed E-state index contributed by atoms with van der Waals surface area (Å²) in [7, 11) is 0. The number of hydrogen-bond donors (Lipinski definition) is 2. The van der Waals surface area contributed by atoms with Gasteiger partial charge in [-0.15, -0.1) is 12.3 Å². The Labute approximate surface area is 79.3 Å². The van der Waals surface area contributed by atoms with Gasteiger partial charge in [0.25, 0.3) is 0 Å². The Balaban J connectivity index is 1.86. The lowest BCUT2D eigenvalue weighted by atomic mass is 10.3. The second-order valence-corrected chi connectivity index (χ2v) is 3.33. The van der Waals surface area contributed by atoms with Gasteiger partial charge in [-0.1, -0.05) is 0 Å². The number of unbranched alkanes of at least 4 members (excludes halogenated alkanes) is 1. The van der Waals surface area contributed by atoms with Gasteiger partial charge in [-0.3, -0.25) is 4.79 Å². The van der Waals surface area contributed by atoms with Crippen LogP contribution < -0.4 is 10.6 Å². The summed E-state index contributed by atoms with van der Waals surface area (Å²) in [5.74, 6) is 2.66. The van der Waals surface area contributed by atoms with Crippen molar-refractivity contribution in [1.82, 2.24) is 10.6 Å². The van der Waals surface area contributed by atoms with Crippen LogP contribution in [-0.4, -0.2) is 25.0 Å². The molecule has 3 heteroatoms. The third kappa shape index (κ3) is 5.26. The van der Waals surface area contributed by atoms with Crippen LogP contribution in [0.5, 0.6) is 0 Å². The molecule has 72 valence electrons. The zero-order valence-electron chi connectivity index (χ0n) is 7.81. The third-order valence-electron chi connectivity index (χ3n) is 1.90. The van der Waals surface area contributed by atoms with Crippen LogP contribution in [0.15, 0.2) is 0 Å². The highest BCUT2D eigenvalue weighted by Gasteiger charge is 2.22. The van der Waals surface area contributed by atoms with Gasteiger partial charge >= 0.3 is 0 Å². The molecule has 1 aliphatic rings. The molecule has 0 heterocycles. The number of amides is 1. The number of terminal acetylenes is 1. The molecule has 13 heavy (non-hydrogen) atoms. The summed E-state index contributed by atoms with van der Waals surface area (Å²) in [4.78, 5) is 11.1. The van der Waals surface area contributed by atoms with Gasteiger partial charge in [0.15, 0.2) is 0 Å². The van der Waals surface area contributed by atoms with Crippen LogP contribution in [0.3, 0.4) is 0 Å². The maximum absolute atomic E-state index is 11.1. The predicted molar refractivity (Wildman–Crippen MR) is 52.1 cm³/mol. The molecule has 0 aromatic carbocycles. The van der Waals surface area contributed by atoms with E-state index in [-0.39, 0.29) is 5.91 Å². The normalized spacial score (nSPS) is 15.0. The molecule has 1 fully saturated rings. The average molecular weight is 180 g/mol. The summed E-state index contributed by atoms with van der Waals surface area (Å²) in [5, 5.41) is 5.95. The Bertz CT molecular complexity index is 203. The largest absolute Gasteiger partial charge is 0.352 e. The first kappa shape index (κ1) is 10.1. The van der Waals surface area contributed by atoms with Gasteiger partial charge in [-0.05, 0) is 25.8 Å². The van der Waals surface area contributed by atoms with Crippen LogP contribution in [0.2, 0.25) is 0 Å². The molecule has 0 aromatic heterocycles. The fraction of sp³-hybridized carbons (Fsp3) is 0.700. The van der Waals surface area contributed by atoms with Crippen molar-refractivity contribution in [2.75, 3.05) is 13.1 Å². The molecule has 0 atom stereocenters. The van der Waals surface area contributed by atoms with Crippen LogP contribution >= 0.6 is 0 Å². The monoisotopic (exact) mass is 180 g/mol. The van der Waals surface area contributed by atoms with E-state index in [9.17, 15) is 4.79 Å². The van der Waals surface area contributed by atoms with Crippen LogP contribution in [0.1, 0.15) is 25.7 Å². The highest BCUT2D eigenvalue weighted by atomic mass is 16.2. The summed E-state index contributed by atoms with van der Waals surface area (Å²) in [6.45, 7) is 1.24. The fourth-order valence-corrected chi connectivity index (χ4v) is 1.02. The highest BCUT2D eigenvalue weighted by molar-refractivity contribution is 5.78. The molecular weight excluding hydrogens is 164 g/mol. The molecule has 0 unspecified atom stereocenters. The second-order valence-electron chi connectivity index (χ2n) is 3.33. The Hall–Kier alpha value is -1.01. The zero-order chi connectivity index (χ0) is 9.52. The molecule has 2 N–H and O–H groups in total. The number of carbonyl (C=O) groups excluding carboxylic acids is 1. The number of nitrogens with one attached hydrogen (secondary N) is 2.